The maximum atomic E-state index is 4.14. The maximum absolute atomic E-state index is 4.14. The van der Waals surface area contributed by atoms with E-state index in [1.807, 2.05) is 18.3 Å². The van der Waals surface area contributed by atoms with Crippen molar-refractivity contribution in [1.29, 1.82) is 0 Å². The number of hydrogen-bond acceptors (Lipinski definition) is 1. The van der Waals surface area contributed by atoms with Crippen LogP contribution < -0.4 is 0 Å². The van der Waals surface area contributed by atoms with Gasteiger partial charge in [-0.3, -0.25) is 0 Å². The third-order valence-electron chi connectivity index (χ3n) is 1.34. The largest absolute Gasteiger partial charge is 0.249 e. The van der Waals surface area contributed by atoms with Crippen molar-refractivity contribution in [2.45, 2.75) is 19.8 Å². The van der Waals surface area contributed by atoms with Crippen LogP contribution >= 0.6 is 22.6 Å². The predicted octanol–water partition coefficient (Wildman–Crippen LogP) is 2.84. The highest BCUT2D eigenvalue weighted by Gasteiger charge is 1.86. The van der Waals surface area contributed by atoms with Crippen LogP contribution in [0.4, 0.5) is 0 Å². The van der Waals surface area contributed by atoms with Gasteiger partial charge in [-0.05, 0) is 41.1 Å². The highest BCUT2D eigenvalue weighted by atomic mass is 127. The van der Waals surface area contributed by atoms with Crippen LogP contribution in [-0.4, -0.2) is 4.98 Å². The minimum Gasteiger partial charge on any atom is -0.249 e. The fourth-order valence-electron chi connectivity index (χ4n) is 0.739. The lowest BCUT2D eigenvalue weighted by atomic mass is 10.2. The summed E-state index contributed by atoms with van der Waals surface area (Å²) in [6, 6.07) is 3.97. The molecule has 1 heterocycles. The van der Waals surface area contributed by atoms with Gasteiger partial charge in [-0.2, -0.15) is 0 Å². The Morgan fingerprint density at radius 2 is 2.33 bits per heavy atom. The second kappa shape index (κ2) is 5.15. The van der Waals surface area contributed by atoms with Crippen LogP contribution in [0.5, 0.6) is 0 Å². The van der Waals surface area contributed by atoms with Crippen LogP contribution in [-0.2, 0) is 0 Å². The van der Waals surface area contributed by atoms with Crippen molar-refractivity contribution < 1.29 is 0 Å². The third kappa shape index (κ3) is 3.22. The zero-order valence-corrected chi connectivity index (χ0v) is 9.13. The van der Waals surface area contributed by atoms with Crippen molar-refractivity contribution in [3.63, 3.8) is 0 Å². The molecule has 0 radical (unpaired) electrons. The number of hydrogen-bond donors (Lipinski definition) is 0. The van der Waals surface area contributed by atoms with Gasteiger partial charge in [-0.1, -0.05) is 18.8 Å². The first-order chi connectivity index (χ1) is 5.83. The molecule has 0 aliphatic rings. The van der Waals surface area contributed by atoms with E-state index in [1.165, 1.54) is 0 Å². The molecule has 1 aromatic rings. The Balaban J connectivity index is 2.66. The van der Waals surface area contributed by atoms with Gasteiger partial charge in [0.05, 0.1) is 0 Å². The number of unbranched alkanes of at least 4 members (excludes halogenated alkanes) is 1. The van der Waals surface area contributed by atoms with Gasteiger partial charge in [-0.25, -0.2) is 4.98 Å². The molecule has 62 valence electrons. The molecule has 0 saturated heterocycles. The van der Waals surface area contributed by atoms with Crippen molar-refractivity contribution in [3.05, 3.63) is 27.6 Å². The van der Waals surface area contributed by atoms with Gasteiger partial charge in [0.15, 0.2) is 0 Å². The summed E-state index contributed by atoms with van der Waals surface area (Å²) in [5.74, 6) is 6.14. The molecular weight excluding hydrogens is 261 g/mol. The summed E-state index contributed by atoms with van der Waals surface area (Å²) in [5, 5.41) is 0. The van der Waals surface area contributed by atoms with Gasteiger partial charge in [0.2, 0.25) is 0 Å². The number of rotatable bonds is 1. The van der Waals surface area contributed by atoms with Gasteiger partial charge in [0.25, 0.3) is 0 Å². The fourth-order valence-corrected chi connectivity index (χ4v) is 1.06. The van der Waals surface area contributed by atoms with Crippen LogP contribution in [0.2, 0.25) is 0 Å². The summed E-state index contributed by atoms with van der Waals surface area (Å²) < 4.78 is 1.01. The summed E-state index contributed by atoms with van der Waals surface area (Å²) in [6.45, 7) is 2.13. The highest BCUT2D eigenvalue weighted by molar-refractivity contribution is 14.1. The fraction of sp³-hybridized carbons (Fsp3) is 0.300. The zero-order valence-electron chi connectivity index (χ0n) is 6.97. The minimum absolute atomic E-state index is 0.964. The van der Waals surface area contributed by atoms with Crippen LogP contribution in [0, 0.1) is 15.5 Å². The number of pyridine rings is 1. The van der Waals surface area contributed by atoms with E-state index in [0.717, 1.165) is 22.1 Å². The normalized spacial score (nSPS) is 8.83. The van der Waals surface area contributed by atoms with E-state index in [0.29, 0.717) is 0 Å². The molecule has 0 N–H and O–H groups in total. The Labute approximate surface area is 86.7 Å². The van der Waals surface area contributed by atoms with E-state index in [9.17, 15) is 0 Å². The topological polar surface area (TPSA) is 12.9 Å². The summed E-state index contributed by atoms with van der Waals surface area (Å²) in [6.07, 6.45) is 3.89. The monoisotopic (exact) mass is 271 g/mol. The van der Waals surface area contributed by atoms with E-state index >= 15 is 0 Å². The second-order valence-electron chi connectivity index (χ2n) is 2.42. The van der Waals surface area contributed by atoms with Crippen molar-refractivity contribution in [3.8, 4) is 11.8 Å². The quantitative estimate of drug-likeness (QED) is 0.435. The van der Waals surface area contributed by atoms with Gasteiger partial charge >= 0.3 is 0 Å². The van der Waals surface area contributed by atoms with E-state index < -0.39 is 0 Å². The van der Waals surface area contributed by atoms with Gasteiger partial charge in [0, 0.05) is 18.2 Å². The standard InChI is InChI=1S/C10H10IN/c1-2-3-4-5-9-6-7-10(11)12-8-9/h6-8H,2-3H2,1H3. The predicted molar refractivity (Wildman–Crippen MR) is 58.7 cm³/mol. The van der Waals surface area contributed by atoms with Crippen LogP contribution in [0.1, 0.15) is 25.3 Å². The lowest BCUT2D eigenvalue weighted by Gasteiger charge is -1.89. The van der Waals surface area contributed by atoms with Crippen LogP contribution in [0.25, 0.3) is 0 Å². The lowest BCUT2D eigenvalue weighted by Crippen LogP contribution is -1.80. The van der Waals surface area contributed by atoms with E-state index in [1.54, 1.807) is 0 Å². The summed E-state index contributed by atoms with van der Waals surface area (Å²) in [5.41, 5.74) is 1.00. The van der Waals surface area contributed by atoms with Gasteiger partial charge < -0.3 is 0 Å². The maximum Gasteiger partial charge on any atom is 0.101 e. The van der Waals surface area contributed by atoms with Crippen molar-refractivity contribution in [2.75, 3.05) is 0 Å². The van der Waals surface area contributed by atoms with E-state index in [4.69, 9.17) is 0 Å². The molecule has 1 rings (SSSR count). The van der Waals surface area contributed by atoms with Crippen LogP contribution in [0.3, 0.4) is 0 Å². The molecule has 1 nitrogen and oxygen atoms in total. The van der Waals surface area contributed by atoms with E-state index in [2.05, 4.69) is 46.3 Å². The summed E-state index contributed by atoms with van der Waals surface area (Å²) in [4.78, 5) is 4.14. The summed E-state index contributed by atoms with van der Waals surface area (Å²) >= 11 is 2.18. The Kier molecular flexibility index (Phi) is 4.09. The average Bonchev–Trinajstić information content (AvgIpc) is 2.09. The number of aromatic nitrogens is 1. The first-order valence-electron chi connectivity index (χ1n) is 3.93. The van der Waals surface area contributed by atoms with Gasteiger partial charge in [0.1, 0.15) is 3.70 Å². The molecule has 0 unspecified atom stereocenters. The third-order valence-corrected chi connectivity index (χ3v) is 1.97. The van der Waals surface area contributed by atoms with Crippen molar-refractivity contribution in [2.24, 2.45) is 0 Å². The smallest absolute Gasteiger partial charge is 0.101 e. The van der Waals surface area contributed by atoms with Crippen molar-refractivity contribution >= 4 is 22.6 Å². The molecule has 0 saturated carbocycles. The molecule has 2 heteroatoms. The Hall–Kier alpha value is -0.560. The lowest BCUT2D eigenvalue weighted by molar-refractivity contribution is 0.983. The molecule has 0 spiro atoms. The molecule has 12 heavy (non-hydrogen) atoms. The second-order valence-corrected chi connectivity index (χ2v) is 3.53. The minimum atomic E-state index is 0.964. The van der Waals surface area contributed by atoms with E-state index in [-0.39, 0.29) is 0 Å². The highest BCUT2D eigenvalue weighted by Crippen LogP contribution is 2.01. The first kappa shape index (κ1) is 9.53. The molecule has 0 aliphatic carbocycles. The number of nitrogens with zero attached hydrogens (tertiary/aromatic N) is 1. The Morgan fingerprint density at radius 3 is 2.92 bits per heavy atom. The summed E-state index contributed by atoms with van der Waals surface area (Å²) in [7, 11) is 0. The Morgan fingerprint density at radius 1 is 1.50 bits per heavy atom. The molecule has 0 aromatic carbocycles. The molecule has 1 aromatic heterocycles. The van der Waals surface area contributed by atoms with Crippen LogP contribution in [0.15, 0.2) is 18.3 Å². The van der Waals surface area contributed by atoms with Gasteiger partial charge in [-0.15, -0.1) is 0 Å². The molecular formula is C10H10IN. The molecule has 0 fully saturated rings. The zero-order chi connectivity index (χ0) is 8.81. The Bertz CT molecular complexity index is 292. The molecule has 0 amide bonds. The first-order valence-corrected chi connectivity index (χ1v) is 5.01. The average molecular weight is 271 g/mol. The molecule has 0 bridgehead atoms. The SMILES string of the molecule is CCCC#Cc1ccc(I)nc1. The van der Waals surface area contributed by atoms with Crippen molar-refractivity contribution in [1.82, 2.24) is 4.98 Å². The number of halogens is 1. The molecule has 0 aliphatic heterocycles. The molecule has 0 atom stereocenters.